The van der Waals surface area contributed by atoms with Crippen LogP contribution in [-0.4, -0.2) is 25.6 Å². The second kappa shape index (κ2) is 6.58. The average molecular weight is 377 g/mol. The number of anilines is 1. The van der Waals surface area contributed by atoms with E-state index in [1.54, 1.807) is 34.6 Å². The zero-order chi connectivity index (χ0) is 19.3. The van der Waals surface area contributed by atoms with Crippen LogP contribution in [0.1, 0.15) is 37.5 Å². The number of nitrogens with zero attached hydrogens (tertiary/aromatic N) is 5. The summed E-state index contributed by atoms with van der Waals surface area (Å²) in [5.41, 5.74) is 0.589. The van der Waals surface area contributed by atoms with E-state index in [-0.39, 0.29) is 17.2 Å². The number of hydrogen-bond acceptors (Lipinski definition) is 5. The van der Waals surface area contributed by atoms with Crippen molar-refractivity contribution in [1.82, 2.24) is 19.1 Å². The van der Waals surface area contributed by atoms with Crippen molar-refractivity contribution in [2.75, 3.05) is 11.4 Å². The third-order valence-electron chi connectivity index (χ3n) is 5.89. The molecule has 1 saturated carbocycles. The third kappa shape index (κ3) is 2.82. The predicted octanol–water partition coefficient (Wildman–Crippen LogP) is 2.24. The van der Waals surface area contributed by atoms with Gasteiger partial charge in [0.2, 0.25) is 0 Å². The molecule has 7 heteroatoms. The normalized spacial score (nSPS) is 19.5. The van der Waals surface area contributed by atoms with Gasteiger partial charge >= 0.3 is 0 Å². The van der Waals surface area contributed by atoms with Gasteiger partial charge in [0.1, 0.15) is 5.82 Å². The zero-order valence-electron chi connectivity index (χ0n) is 15.9. The molecule has 1 unspecified atom stereocenters. The Labute approximate surface area is 162 Å². The van der Waals surface area contributed by atoms with Crippen LogP contribution in [-0.2, 0) is 13.6 Å². The number of fused-ring (bicyclic) bond motifs is 1. The molecule has 5 rings (SSSR count). The van der Waals surface area contributed by atoms with E-state index in [4.69, 9.17) is 4.98 Å². The zero-order valence-corrected chi connectivity index (χ0v) is 15.9. The van der Waals surface area contributed by atoms with Crippen molar-refractivity contribution < 1.29 is 0 Å². The first-order valence-electron chi connectivity index (χ1n) is 9.91. The lowest BCUT2D eigenvalue weighted by molar-refractivity contribution is 0.582. The molecule has 0 N–H and O–H groups in total. The fourth-order valence-electron chi connectivity index (χ4n) is 4.18. The van der Waals surface area contributed by atoms with Crippen molar-refractivity contribution >= 4 is 16.7 Å². The standard InChI is InChI=1S/C21H23N5O2/c1-24-18(23-16-6-3-2-5-15(16)20(24)27)17-7-4-11-26(17)19-21(28)25(12-10-22-19)13-14-8-9-14/h2-3,5-6,10,12,14,17H,4,7-9,11,13H2,1H3. The van der Waals surface area contributed by atoms with E-state index in [9.17, 15) is 9.59 Å². The van der Waals surface area contributed by atoms with Crippen LogP contribution in [0.5, 0.6) is 0 Å². The van der Waals surface area contributed by atoms with E-state index in [1.165, 1.54) is 12.8 Å². The van der Waals surface area contributed by atoms with Crippen molar-refractivity contribution in [2.24, 2.45) is 13.0 Å². The highest BCUT2D eigenvalue weighted by atomic mass is 16.1. The molecule has 3 aromatic rings. The number of benzene rings is 1. The molecular formula is C21H23N5O2. The molecule has 2 fully saturated rings. The lowest BCUT2D eigenvalue weighted by Crippen LogP contribution is -2.36. The Bertz CT molecular complexity index is 1160. The summed E-state index contributed by atoms with van der Waals surface area (Å²) in [6, 6.07) is 7.28. The van der Waals surface area contributed by atoms with Gasteiger partial charge in [-0.25, -0.2) is 9.97 Å². The third-order valence-corrected chi connectivity index (χ3v) is 5.89. The maximum Gasteiger partial charge on any atom is 0.293 e. The molecule has 1 aliphatic heterocycles. The van der Waals surface area contributed by atoms with Crippen molar-refractivity contribution in [3.63, 3.8) is 0 Å². The summed E-state index contributed by atoms with van der Waals surface area (Å²) in [4.78, 5) is 37.1. The van der Waals surface area contributed by atoms with Crippen LogP contribution in [0.4, 0.5) is 5.82 Å². The molecule has 2 aromatic heterocycles. The highest BCUT2D eigenvalue weighted by Gasteiger charge is 2.33. The van der Waals surface area contributed by atoms with Gasteiger partial charge in [-0.2, -0.15) is 0 Å². The van der Waals surface area contributed by atoms with Crippen LogP contribution < -0.4 is 16.0 Å². The summed E-state index contributed by atoms with van der Waals surface area (Å²) in [5, 5.41) is 0.614. The minimum absolute atomic E-state index is 0.0490. The van der Waals surface area contributed by atoms with E-state index < -0.39 is 0 Å². The molecule has 0 bridgehead atoms. The smallest absolute Gasteiger partial charge is 0.293 e. The molecule has 0 radical (unpaired) electrons. The fourth-order valence-corrected chi connectivity index (χ4v) is 4.18. The molecule has 1 aliphatic carbocycles. The Balaban J connectivity index is 1.58. The van der Waals surface area contributed by atoms with Crippen molar-refractivity contribution in [3.05, 3.63) is 63.2 Å². The van der Waals surface area contributed by atoms with Gasteiger partial charge in [-0.3, -0.25) is 14.2 Å². The molecule has 7 nitrogen and oxygen atoms in total. The average Bonchev–Trinajstić information content (AvgIpc) is 3.40. The molecule has 1 aromatic carbocycles. The molecule has 144 valence electrons. The summed E-state index contributed by atoms with van der Waals surface area (Å²) < 4.78 is 3.40. The highest BCUT2D eigenvalue weighted by Crippen LogP contribution is 2.33. The van der Waals surface area contributed by atoms with Crippen molar-refractivity contribution in [1.29, 1.82) is 0 Å². The van der Waals surface area contributed by atoms with Gasteiger partial charge in [0, 0.05) is 32.5 Å². The Morgan fingerprint density at radius 3 is 2.75 bits per heavy atom. The van der Waals surface area contributed by atoms with Crippen LogP contribution in [0.3, 0.4) is 0 Å². The summed E-state index contributed by atoms with van der Waals surface area (Å²) in [6.45, 7) is 1.50. The first kappa shape index (κ1) is 17.2. The second-order valence-electron chi connectivity index (χ2n) is 7.85. The Morgan fingerprint density at radius 1 is 1.11 bits per heavy atom. The van der Waals surface area contributed by atoms with Gasteiger partial charge in [-0.05, 0) is 43.7 Å². The van der Waals surface area contributed by atoms with Gasteiger partial charge in [0.05, 0.1) is 16.9 Å². The molecule has 0 amide bonds. The van der Waals surface area contributed by atoms with Gasteiger partial charge in [-0.15, -0.1) is 0 Å². The van der Waals surface area contributed by atoms with E-state index in [0.29, 0.717) is 28.5 Å². The summed E-state index contributed by atoms with van der Waals surface area (Å²) in [7, 11) is 1.76. The number of para-hydroxylation sites is 1. The topological polar surface area (TPSA) is 73.0 Å². The lowest BCUT2D eigenvalue weighted by Gasteiger charge is -2.26. The maximum absolute atomic E-state index is 13.0. The first-order valence-corrected chi connectivity index (χ1v) is 9.91. The summed E-state index contributed by atoms with van der Waals surface area (Å²) >= 11 is 0. The highest BCUT2D eigenvalue weighted by molar-refractivity contribution is 5.77. The van der Waals surface area contributed by atoms with Gasteiger partial charge in [0.25, 0.3) is 11.1 Å². The summed E-state index contributed by atoms with van der Waals surface area (Å²) in [6.07, 6.45) is 7.66. The van der Waals surface area contributed by atoms with E-state index in [0.717, 1.165) is 25.9 Å². The van der Waals surface area contributed by atoms with Crippen LogP contribution >= 0.6 is 0 Å². The number of hydrogen-bond donors (Lipinski definition) is 0. The maximum atomic E-state index is 13.0. The minimum atomic E-state index is -0.126. The minimum Gasteiger partial charge on any atom is -0.342 e. The van der Waals surface area contributed by atoms with E-state index in [2.05, 4.69) is 4.98 Å². The molecule has 1 saturated heterocycles. The summed E-state index contributed by atoms with van der Waals surface area (Å²) in [5.74, 6) is 1.78. The van der Waals surface area contributed by atoms with Crippen LogP contribution in [0, 0.1) is 5.92 Å². The Hall–Kier alpha value is -2.96. The Kier molecular flexibility index (Phi) is 4.03. The van der Waals surface area contributed by atoms with Crippen LogP contribution in [0.25, 0.3) is 10.9 Å². The van der Waals surface area contributed by atoms with Crippen molar-refractivity contribution in [2.45, 2.75) is 38.3 Å². The number of rotatable bonds is 4. The first-order chi connectivity index (χ1) is 13.6. The largest absolute Gasteiger partial charge is 0.342 e. The molecule has 0 spiro atoms. The quantitative estimate of drug-likeness (QED) is 0.697. The van der Waals surface area contributed by atoms with Crippen LogP contribution in [0.2, 0.25) is 0 Å². The van der Waals surface area contributed by atoms with Crippen molar-refractivity contribution in [3.8, 4) is 0 Å². The SMILES string of the molecule is Cn1c(C2CCCN2c2nccn(CC3CC3)c2=O)nc2ccccc2c1=O. The second-order valence-corrected chi connectivity index (χ2v) is 7.85. The van der Waals surface area contributed by atoms with E-state index in [1.807, 2.05) is 23.1 Å². The van der Waals surface area contributed by atoms with E-state index >= 15 is 0 Å². The molecule has 2 aliphatic rings. The lowest BCUT2D eigenvalue weighted by atomic mass is 10.1. The van der Waals surface area contributed by atoms with Gasteiger partial charge in [-0.1, -0.05) is 12.1 Å². The van der Waals surface area contributed by atoms with Gasteiger partial charge < -0.3 is 9.47 Å². The molecule has 1 atom stereocenters. The fraction of sp³-hybridized carbons (Fsp3) is 0.429. The van der Waals surface area contributed by atoms with Gasteiger partial charge in [0.15, 0.2) is 5.82 Å². The molecule has 28 heavy (non-hydrogen) atoms. The Morgan fingerprint density at radius 2 is 1.93 bits per heavy atom. The predicted molar refractivity (Wildman–Crippen MR) is 108 cm³/mol. The van der Waals surface area contributed by atoms with Crippen LogP contribution in [0.15, 0.2) is 46.2 Å². The monoisotopic (exact) mass is 377 g/mol. The number of aromatic nitrogens is 4. The molecular weight excluding hydrogens is 354 g/mol. The molecule has 3 heterocycles.